The van der Waals surface area contributed by atoms with Crippen molar-refractivity contribution in [2.45, 2.75) is 19.9 Å². The van der Waals surface area contributed by atoms with Crippen LogP contribution in [0.15, 0.2) is 17.5 Å². The van der Waals surface area contributed by atoms with Crippen molar-refractivity contribution in [3.8, 4) is 0 Å². The van der Waals surface area contributed by atoms with Gasteiger partial charge >= 0.3 is 0 Å². The van der Waals surface area contributed by atoms with Crippen LogP contribution in [0.5, 0.6) is 0 Å². The fraction of sp³-hybridized carbons (Fsp3) is 0.600. The highest BCUT2D eigenvalue weighted by Gasteiger charge is 2.23. The van der Waals surface area contributed by atoms with Crippen molar-refractivity contribution < 1.29 is 4.74 Å². The summed E-state index contributed by atoms with van der Waals surface area (Å²) in [5, 5.41) is 0. The lowest BCUT2D eigenvalue weighted by atomic mass is 10.1. The molecule has 0 amide bonds. The highest BCUT2D eigenvalue weighted by atomic mass is 16.5. The zero-order valence-electron chi connectivity index (χ0n) is 8.77. The van der Waals surface area contributed by atoms with Gasteiger partial charge in [-0.2, -0.15) is 0 Å². The van der Waals surface area contributed by atoms with Crippen LogP contribution in [0, 0.1) is 5.92 Å². The summed E-state index contributed by atoms with van der Waals surface area (Å²) in [6.07, 6.45) is 3.67. The molecule has 4 heteroatoms. The minimum absolute atomic E-state index is 0.284. The molecule has 1 atom stereocenters. The molecule has 2 heterocycles. The van der Waals surface area contributed by atoms with Gasteiger partial charge in [-0.15, -0.1) is 0 Å². The monoisotopic (exact) mass is 193 g/mol. The summed E-state index contributed by atoms with van der Waals surface area (Å²) in [6.45, 7) is 4.99. The topological polar surface area (TPSA) is 39.4 Å². The summed E-state index contributed by atoms with van der Waals surface area (Å²) < 4.78 is 7.39. The lowest BCUT2D eigenvalue weighted by molar-refractivity contribution is 0.291. The number of imidazole rings is 1. The van der Waals surface area contributed by atoms with Gasteiger partial charge in [0, 0.05) is 13.2 Å². The van der Waals surface area contributed by atoms with Crippen molar-refractivity contribution in [2.75, 3.05) is 6.61 Å². The molecule has 0 N–H and O–H groups in total. The fourth-order valence-corrected chi connectivity index (χ4v) is 1.39. The maximum absolute atomic E-state index is 5.50. The molecule has 0 aromatic carbocycles. The van der Waals surface area contributed by atoms with Crippen LogP contribution in [-0.2, 0) is 11.8 Å². The maximum Gasteiger partial charge on any atom is 0.237 e. The predicted molar refractivity (Wildman–Crippen MR) is 54.3 cm³/mol. The minimum Gasteiger partial charge on any atom is -0.474 e. The largest absolute Gasteiger partial charge is 0.474 e. The Bertz CT molecular complexity index is 354. The molecule has 0 aliphatic carbocycles. The number of ether oxygens (including phenoxy) is 1. The van der Waals surface area contributed by atoms with Gasteiger partial charge in [-0.3, -0.25) is 0 Å². The first-order valence-corrected chi connectivity index (χ1v) is 4.85. The van der Waals surface area contributed by atoms with E-state index in [0.29, 0.717) is 18.4 Å². The van der Waals surface area contributed by atoms with Crippen LogP contribution in [0.25, 0.3) is 0 Å². The lowest BCUT2D eigenvalue weighted by Gasteiger charge is -2.06. The second-order valence-corrected chi connectivity index (χ2v) is 3.98. The van der Waals surface area contributed by atoms with Gasteiger partial charge in [-0.1, -0.05) is 13.8 Å². The summed E-state index contributed by atoms with van der Waals surface area (Å²) in [7, 11) is 1.94. The van der Waals surface area contributed by atoms with E-state index in [1.165, 1.54) is 0 Å². The van der Waals surface area contributed by atoms with Crippen LogP contribution in [-0.4, -0.2) is 28.1 Å². The van der Waals surface area contributed by atoms with E-state index in [0.717, 1.165) is 5.69 Å². The zero-order chi connectivity index (χ0) is 10.1. The molecular weight excluding hydrogens is 178 g/mol. The Morgan fingerprint density at radius 1 is 1.57 bits per heavy atom. The average molecular weight is 193 g/mol. The summed E-state index contributed by atoms with van der Waals surface area (Å²) in [6, 6.07) is 0.284. The summed E-state index contributed by atoms with van der Waals surface area (Å²) in [5.74, 6) is 1.21. The van der Waals surface area contributed by atoms with Crippen LogP contribution in [0.1, 0.15) is 19.5 Å². The van der Waals surface area contributed by atoms with Crippen molar-refractivity contribution in [1.82, 2.24) is 9.55 Å². The summed E-state index contributed by atoms with van der Waals surface area (Å²) in [4.78, 5) is 8.69. The van der Waals surface area contributed by atoms with E-state index in [1.807, 2.05) is 17.8 Å². The van der Waals surface area contributed by atoms with E-state index in [9.17, 15) is 0 Å². The molecule has 0 fully saturated rings. The van der Waals surface area contributed by atoms with Crippen molar-refractivity contribution in [3.63, 3.8) is 0 Å². The van der Waals surface area contributed by atoms with E-state index in [1.54, 1.807) is 6.33 Å². The Morgan fingerprint density at radius 2 is 2.36 bits per heavy atom. The van der Waals surface area contributed by atoms with Crippen molar-refractivity contribution in [3.05, 3.63) is 18.2 Å². The number of nitrogens with zero attached hydrogens (tertiary/aromatic N) is 3. The molecule has 14 heavy (non-hydrogen) atoms. The van der Waals surface area contributed by atoms with Crippen molar-refractivity contribution in [1.29, 1.82) is 0 Å². The zero-order valence-corrected chi connectivity index (χ0v) is 8.77. The molecule has 1 aromatic rings. The van der Waals surface area contributed by atoms with Gasteiger partial charge in [0.2, 0.25) is 5.90 Å². The van der Waals surface area contributed by atoms with Crippen LogP contribution in [0.4, 0.5) is 0 Å². The van der Waals surface area contributed by atoms with Crippen LogP contribution >= 0.6 is 0 Å². The molecule has 0 saturated carbocycles. The van der Waals surface area contributed by atoms with Crippen molar-refractivity contribution >= 4 is 5.90 Å². The second-order valence-electron chi connectivity index (χ2n) is 3.98. The number of hydrogen-bond donors (Lipinski definition) is 0. The summed E-state index contributed by atoms with van der Waals surface area (Å²) >= 11 is 0. The first-order valence-electron chi connectivity index (χ1n) is 4.85. The highest BCUT2D eigenvalue weighted by Crippen LogP contribution is 2.16. The quantitative estimate of drug-likeness (QED) is 0.708. The Kier molecular flexibility index (Phi) is 2.27. The van der Waals surface area contributed by atoms with Gasteiger partial charge in [-0.05, 0) is 5.92 Å². The van der Waals surface area contributed by atoms with E-state index >= 15 is 0 Å². The molecule has 0 saturated heterocycles. The van der Waals surface area contributed by atoms with Crippen LogP contribution in [0.3, 0.4) is 0 Å². The molecule has 0 unspecified atom stereocenters. The third-order valence-electron chi connectivity index (χ3n) is 2.37. The van der Waals surface area contributed by atoms with Crippen LogP contribution in [0.2, 0.25) is 0 Å². The Balaban J connectivity index is 2.17. The van der Waals surface area contributed by atoms with E-state index < -0.39 is 0 Å². The molecule has 4 nitrogen and oxygen atoms in total. The van der Waals surface area contributed by atoms with Gasteiger partial charge in [0.1, 0.15) is 12.3 Å². The molecule has 0 bridgehead atoms. The molecule has 1 aromatic heterocycles. The number of rotatable bonds is 2. The van der Waals surface area contributed by atoms with Gasteiger partial charge in [0.15, 0.2) is 0 Å². The summed E-state index contributed by atoms with van der Waals surface area (Å²) in [5.41, 5.74) is 0.829. The number of hydrogen-bond acceptors (Lipinski definition) is 3. The first kappa shape index (κ1) is 9.24. The van der Waals surface area contributed by atoms with Crippen LogP contribution < -0.4 is 0 Å². The maximum atomic E-state index is 5.50. The second kappa shape index (κ2) is 3.44. The Labute approximate surface area is 83.6 Å². The Hall–Kier alpha value is -1.32. The van der Waals surface area contributed by atoms with Gasteiger partial charge < -0.3 is 9.30 Å². The van der Waals surface area contributed by atoms with E-state index in [4.69, 9.17) is 4.74 Å². The molecular formula is C10H15N3O. The first-order chi connectivity index (χ1) is 6.66. The molecule has 2 rings (SSSR count). The third kappa shape index (κ3) is 1.64. The molecule has 1 aliphatic rings. The number of aromatic nitrogens is 2. The Morgan fingerprint density at radius 3 is 2.86 bits per heavy atom. The van der Waals surface area contributed by atoms with Gasteiger partial charge in [0.05, 0.1) is 12.4 Å². The molecule has 0 radical (unpaired) electrons. The third-order valence-corrected chi connectivity index (χ3v) is 2.37. The SMILES string of the molecule is CC(C)[C@H]1COC(c2cn(C)cn2)=N1. The van der Waals surface area contributed by atoms with Gasteiger partial charge in [0.25, 0.3) is 0 Å². The highest BCUT2D eigenvalue weighted by molar-refractivity contribution is 5.93. The average Bonchev–Trinajstić information content (AvgIpc) is 2.70. The molecule has 76 valence electrons. The van der Waals surface area contributed by atoms with Crippen molar-refractivity contribution in [2.24, 2.45) is 18.0 Å². The standard InChI is InChI=1S/C10H15N3O/c1-7(2)9-5-14-10(12-9)8-4-13(3)6-11-8/h4,6-7,9H,5H2,1-3H3/t9-/m1/s1. The van der Waals surface area contributed by atoms with E-state index in [-0.39, 0.29) is 6.04 Å². The van der Waals surface area contributed by atoms with Gasteiger partial charge in [-0.25, -0.2) is 9.98 Å². The lowest BCUT2D eigenvalue weighted by Crippen LogP contribution is -2.13. The molecule has 0 spiro atoms. The smallest absolute Gasteiger partial charge is 0.237 e. The normalized spacial score (nSPS) is 21.1. The van der Waals surface area contributed by atoms with E-state index in [2.05, 4.69) is 23.8 Å². The number of aryl methyl sites for hydroxylation is 1. The predicted octanol–water partition coefficient (Wildman–Crippen LogP) is 1.22. The molecule has 1 aliphatic heterocycles. The minimum atomic E-state index is 0.284. The number of aliphatic imine (C=N–C) groups is 1. The fourth-order valence-electron chi connectivity index (χ4n) is 1.39.